The van der Waals surface area contributed by atoms with Crippen molar-refractivity contribution in [3.63, 3.8) is 0 Å². The molecular formula is C21H28ClN3O3S. The van der Waals surface area contributed by atoms with Crippen LogP contribution in [0, 0.1) is 6.92 Å². The normalized spacial score (nSPS) is 15.9. The fourth-order valence-electron chi connectivity index (χ4n) is 3.51. The minimum atomic E-state index is -0.339. The first kappa shape index (κ1) is 22.0. The van der Waals surface area contributed by atoms with Crippen molar-refractivity contribution in [3.05, 3.63) is 34.6 Å². The lowest BCUT2D eigenvalue weighted by Gasteiger charge is -2.26. The van der Waals surface area contributed by atoms with Crippen molar-refractivity contribution in [3.8, 4) is 5.75 Å². The molecule has 0 unspecified atom stereocenters. The van der Waals surface area contributed by atoms with Crippen LogP contribution in [0.2, 0.25) is 5.02 Å². The summed E-state index contributed by atoms with van der Waals surface area (Å²) in [5.74, 6) is 1.30. The minimum Gasteiger partial charge on any atom is -0.486 e. The summed E-state index contributed by atoms with van der Waals surface area (Å²) >= 11 is 7.50. The molecule has 0 aliphatic heterocycles. The summed E-state index contributed by atoms with van der Waals surface area (Å²) in [5, 5.41) is 9.91. The van der Waals surface area contributed by atoms with E-state index in [0.717, 1.165) is 40.2 Å². The maximum atomic E-state index is 12.1. The number of esters is 1. The molecule has 0 N–H and O–H groups in total. The molecule has 3 rings (SSSR count). The van der Waals surface area contributed by atoms with E-state index < -0.39 is 0 Å². The van der Waals surface area contributed by atoms with Gasteiger partial charge < -0.3 is 9.47 Å². The molecular weight excluding hydrogens is 410 g/mol. The van der Waals surface area contributed by atoms with Gasteiger partial charge in [0, 0.05) is 11.1 Å². The predicted octanol–water partition coefficient (Wildman–Crippen LogP) is 5.37. The molecule has 6 nitrogen and oxygen atoms in total. The molecule has 1 fully saturated rings. The van der Waals surface area contributed by atoms with Crippen LogP contribution in [0.1, 0.15) is 63.4 Å². The van der Waals surface area contributed by atoms with E-state index in [1.807, 2.05) is 39.0 Å². The summed E-state index contributed by atoms with van der Waals surface area (Å²) in [7, 11) is 0. The maximum absolute atomic E-state index is 12.1. The van der Waals surface area contributed by atoms with Gasteiger partial charge in [-0.2, -0.15) is 0 Å². The second-order valence-electron chi connectivity index (χ2n) is 7.27. The zero-order valence-corrected chi connectivity index (χ0v) is 18.8. The Labute approximate surface area is 181 Å². The molecule has 29 heavy (non-hydrogen) atoms. The third-order valence-corrected chi connectivity index (χ3v) is 6.53. The van der Waals surface area contributed by atoms with Crippen molar-refractivity contribution in [1.29, 1.82) is 0 Å². The lowest BCUT2D eigenvalue weighted by atomic mass is 9.95. The summed E-state index contributed by atoms with van der Waals surface area (Å²) in [6.45, 7) is 6.30. The molecule has 1 saturated carbocycles. The van der Waals surface area contributed by atoms with Crippen molar-refractivity contribution < 1.29 is 14.3 Å². The Morgan fingerprint density at radius 2 is 2.07 bits per heavy atom. The standard InChI is InChI=1S/C21H28ClN3O3S/c1-4-27-20(26)15(3)29-21-24-23-19(25(21)16-8-6-5-7-9-16)13-28-17-10-11-18(22)14(2)12-17/h10-12,15-16H,4-9,13H2,1-3H3/t15-/m0/s1. The highest BCUT2D eigenvalue weighted by molar-refractivity contribution is 8.00. The molecule has 0 radical (unpaired) electrons. The summed E-state index contributed by atoms with van der Waals surface area (Å²) in [6.07, 6.45) is 5.82. The Morgan fingerprint density at radius 3 is 2.76 bits per heavy atom. The van der Waals surface area contributed by atoms with E-state index >= 15 is 0 Å². The molecule has 158 valence electrons. The van der Waals surface area contributed by atoms with Gasteiger partial charge in [0.05, 0.1) is 6.61 Å². The number of aromatic nitrogens is 3. The van der Waals surface area contributed by atoms with Crippen molar-refractivity contribution in [2.24, 2.45) is 0 Å². The molecule has 8 heteroatoms. The van der Waals surface area contributed by atoms with Crippen LogP contribution in [-0.4, -0.2) is 32.6 Å². The quantitative estimate of drug-likeness (QED) is 0.408. The first-order valence-electron chi connectivity index (χ1n) is 10.2. The van der Waals surface area contributed by atoms with Crippen LogP contribution in [0.15, 0.2) is 23.4 Å². The number of halogens is 1. The van der Waals surface area contributed by atoms with Crippen molar-refractivity contribution in [1.82, 2.24) is 14.8 Å². The van der Waals surface area contributed by atoms with Crippen molar-refractivity contribution in [2.45, 2.75) is 75.9 Å². The number of hydrogen-bond acceptors (Lipinski definition) is 6. The van der Waals surface area contributed by atoms with E-state index in [2.05, 4.69) is 14.8 Å². The highest BCUT2D eigenvalue weighted by Crippen LogP contribution is 2.34. The molecule has 1 heterocycles. The van der Waals surface area contributed by atoms with Gasteiger partial charge in [-0.15, -0.1) is 10.2 Å². The Balaban J connectivity index is 1.79. The van der Waals surface area contributed by atoms with Crippen molar-refractivity contribution >= 4 is 29.3 Å². The second kappa shape index (κ2) is 10.3. The average Bonchev–Trinajstić information content (AvgIpc) is 3.12. The fourth-order valence-corrected chi connectivity index (χ4v) is 4.57. The molecule has 1 aliphatic carbocycles. The monoisotopic (exact) mass is 437 g/mol. The molecule has 1 aromatic carbocycles. The maximum Gasteiger partial charge on any atom is 0.319 e. The molecule has 1 aromatic heterocycles. The van der Waals surface area contributed by atoms with Crippen LogP contribution in [0.4, 0.5) is 0 Å². The van der Waals surface area contributed by atoms with Crippen LogP contribution in [-0.2, 0) is 16.1 Å². The number of carbonyl (C=O) groups is 1. The second-order valence-corrected chi connectivity index (χ2v) is 8.99. The number of rotatable bonds is 8. The largest absolute Gasteiger partial charge is 0.486 e. The van der Waals surface area contributed by atoms with Crippen LogP contribution in [0.3, 0.4) is 0 Å². The smallest absolute Gasteiger partial charge is 0.319 e. The van der Waals surface area contributed by atoms with E-state index in [1.165, 1.54) is 31.0 Å². The van der Waals surface area contributed by atoms with Gasteiger partial charge in [0.25, 0.3) is 0 Å². The third-order valence-electron chi connectivity index (χ3n) is 5.07. The Morgan fingerprint density at radius 1 is 1.31 bits per heavy atom. The number of benzene rings is 1. The molecule has 0 amide bonds. The molecule has 0 bridgehead atoms. The number of carbonyl (C=O) groups excluding carboxylic acids is 1. The third kappa shape index (κ3) is 5.66. The molecule has 0 spiro atoms. The van der Waals surface area contributed by atoms with E-state index in [1.54, 1.807) is 0 Å². The number of ether oxygens (including phenoxy) is 2. The van der Waals surface area contributed by atoms with Gasteiger partial charge in [-0.1, -0.05) is 42.6 Å². The van der Waals surface area contributed by atoms with Crippen LogP contribution >= 0.6 is 23.4 Å². The SMILES string of the molecule is CCOC(=O)[C@H](C)Sc1nnc(COc2ccc(Cl)c(C)c2)n1C1CCCCC1. The van der Waals surface area contributed by atoms with Gasteiger partial charge in [0.2, 0.25) is 0 Å². The van der Waals surface area contributed by atoms with E-state index in [0.29, 0.717) is 19.3 Å². The number of hydrogen-bond donors (Lipinski definition) is 0. The zero-order chi connectivity index (χ0) is 20.8. The van der Waals surface area contributed by atoms with Gasteiger partial charge in [-0.25, -0.2) is 0 Å². The Hall–Kier alpha value is -1.73. The van der Waals surface area contributed by atoms with Crippen LogP contribution in [0.5, 0.6) is 5.75 Å². The Kier molecular flexibility index (Phi) is 7.84. The summed E-state index contributed by atoms with van der Waals surface area (Å²) < 4.78 is 13.3. The summed E-state index contributed by atoms with van der Waals surface area (Å²) in [4.78, 5) is 12.1. The predicted molar refractivity (Wildman–Crippen MR) is 115 cm³/mol. The summed E-state index contributed by atoms with van der Waals surface area (Å²) in [5.41, 5.74) is 0.970. The Bertz CT molecular complexity index is 837. The highest BCUT2D eigenvalue weighted by Gasteiger charge is 2.26. The van der Waals surface area contributed by atoms with Crippen LogP contribution in [0.25, 0.3) is 0 Å². The number of nitrogens with zero attached hydrogens (tertiary/aromatic N) is 3. The fraction of sp³-hybridized carbons (Fsp3) is 0.571. The lowest BCUT2D eigenvalue weighted by molar-refractivity contribution is -0.142. The van der Waals surface area contributed by atoms with Crippen molar-refractivity contribution in [2.75, 3.05) is 6.61 Å². The van der Waals surface area contributed by atoms with Gasteiger partial charge in [0.15, 0.2) is 11.0 Å². The van der Waals surface area contributed by atoms with Crippen LogP contribution < -0.4 is 4.74 Å². The average molecular weight is 438 g/mol. The van der Waals surface area contributed by atoms with E-state index in [-0.39, 0.29) is 11.2 Å². The summed E-state index contributed by atoms with van der Waals surface area (Å²) in [6, 6.07) is 5.94. The first-order chi connectivity index (χ1) is 14.0. The first-order valence-corrected chi connectivity index (χ1v) is 11.4. The number of thioether (sulfide) groups is 1. The van der Waals surface area contributed by atoms with Gasteiger partial charge in [-0.3, -0.25) is 9.36 Å². The molecule has 1 atom stereocenters. The molecule has 2 aromatic rings. The minimum absolute atomic E-state index is 0.231. The number of aryl methyl sites for hydroxylation is 1. The zero-order valence-electron chi connectivity index (χ0n) is 17.2. The van der Waals surface area contributed by atoms with E-state index in [4.69, 9.17) is 21.1 Å². The lowest BCUT2D eigenvalue weighted by Crippen LogP contribution is -2.20. The van der Waals surface area contributed by atoms with Gasteiger partial charge in [0.1, 0.15) is 17.6 Å². The highest BCUT2D eigenvalue weighted by atomic mass is 35.5. The molecule has 0 saturated heterocycles. The molecule has 1 aliphatic rings. The van der Waals surface area contributed by atoms with Gasteiger partial charge >= 0.3 is 5.97 Å². The van der Waals surface area contributed by atoms with E-state index in [9.17, 15) is 4.79 Å². The van der Waals surface area contributed by atoms with Gasteiger partial charge in [-0.05, 0) is 57.4 Å². The topological polar surface area (TPSA) is 66.2 Å².